The number of pyridine rings is 1. The number of nitrogens with one attached hydrogen (secondary N) is 2. The molecule has 3 N–H and O–H groups in total. The van der Waals surface area contributed by atoms with Crippen LogP contribution < -0.4 is 26.6 Å². The molecule has 4 heterocycles. The molecule has 0 saturated carbocycles. The Morgan fingerprint density at radius 1 is 1.04 bits per heavy atom. The summed E-state index contributed by atoms with van der Waals surface area (Å²) >= 11 is 14.0. The van der Waals surface area contributed by atoms with E-state index in [0.29, 0.717) is 87.1 Å². The number of halogens is 2. The van der Waals surface area contributed by atoms with Gasteiger partial charge in [0, 0.05) is 55.7 Å². The van der Waals surface area contributed by atoms with E-state index in [1.165, 1.54) is 18.7 Å². The third kappa shape index (κ3) is 6.22. The molecule has 0 aliphatic carbocycles. The molecule has 0 amide bonds. The van der Waals surface area contributed by atoms with Crippen molar-refractivity contribution >= 4 is 45.6 Å². The Kier molecular flexibility index (Phi) is 9.31. The predicted molar refractivity (Wildman–Crippen MR) is 182 cm³/mol. The summed E-state index contributed by atoms with van der Waals surface area (Å²) < 4.78 is 13.3. The van der Waals surface area contributed by atoms with Gasteiger partial charge in [0.15, 0.2) is 0 Å². The first kappa shape index (κ1) is 32.6. The number of aliphatic hydroxyl groups is 1. The van der Waals surface area contributed by atoms with Gasteiger partial charge in [-0.25, -0.2) is 14.8 Å². The zero-order valence-electron chi connectivity index (χ0n) is 26.2. The van der Waals surface area contributed by atoms with Gasteiger partial charge in [0.2, 0.25) is 5.88 Å². The molecule has 12 nitrogen and oxygen atoms in total. The number of hydrogen-bond donors (Lipinski definition) is 3. The maximum atomic E-state index is 13.2. The zero-order valence-corrected chi connectivity index (χ0v) is 27.7. The molecule has 1 saturated heterocycles. The third-order valence-electron chi connectivity index (χ3n) is 8.26. The van der Waals surface area contributed by atoms with Crippen molar-refractivity contribution in [3.05, 3.63) is 90.9 Å². The number of benzene rings is 2. The molecule has 1 aliphatic rings. The van der Waals surface area contributed by atoms with E-state index in [2.05, 4.69) is 20.6 Å². The van der Waals surface area contributed by atoms with Crippen molar-refractivity contribution in [2.24, 2.45) is 14.1 Å². The average molecular weight is 679 g/mol. The minimum atomic E-state index is -0.598. The van der Waals surface area contributed by atoms with Crippen molar-refractivity contribution in [2.45, 2.75) is 32.0 Å². The molecule has 2 atom stereocenters. The standard InChI is InChI=1S/C33H33Cl2N7O5/c1-17-13-25-27(32(44)42(3)33(45)41(25)2)30(38-17)39-22-10-6-8-19(29(22)35)18-7-5-9-20(28(18)34)23-14-37-24(31(40-23)46-4)15-36-21-11-12-47-16-26(21)43/h5-10,13-14,21,26,36,43H,11-12,15-16H2,1-4H3,(H,38,39). The normalized spacial score (nSPS) is 16.4. The van der Waals surface area contributed by atoms with Crippen LogP contribution in [0.2, 0.25) is 10.0 Å². The Morgan fingerprint density at radius 2 is 1.77 bits per heavy atom. The SMILES string of the molecule is COc1nc(-c2cccc(-c3cccc(Nc4nc(C)cc5c4c(=O)n(C)c(=O)n5C)c3Cl)c2Cl)cnc1CNC1CCOCC1O. The number of ether oxygens (including phenoxy) is 2. The Bertz CT molecular complexity index is 2120. The zero-order chi connectivity index (χ0) is 33.4. The van der Waals surface area contributed by atoms with Gasteiger partial charge in [-0.15, -0.1) is 0 Å². The monoisotopic (exact) mass is 677 g/mol. The van der Waals surface area contributed by atoms with Crippen molar-refractivity contribution in [1.82, 2.24) is 29.4 Å². The molecule has 2 unspecified atom stereocenters. The first-order valence-electron chi connectivity index (χ1n) is 14.9. The molecule has 0 radical (unpaired) electrons. The molecule has 0 spiro atoms. The fourth-order valence-corrected chi connectivity index (χ4v) is 6.31. The predicted octanol–water partition coefficient (Wildman–Crippen LogP) is 4.36. The minimum absolute atomic E-state index is 0.115. The highest BCUT2D eigenvalue weighted by Crippen LogP contribution is 2.42. The highest BCUT2D eigenvalue weighted by molar-refractivity contribution is 6.39. The maximum absolute atomic E-state index is 13.2. The van der Waals surface area contributed by atoms with Gasteiger partial charge in [0.1, 0.15) is 16.9 Å². The van der Waals surface area contributed by atoms with E-state index in [4.69, 9.17) is 37.7 Å². The first-order valence-corrected chi connectivity index (χ1v) is 15.7. The molecule has 47 heavy (non-hydrogen) atoms. The highest BCUT2D eigenvalue weighted by atomic mass is 35.5. The van der Waals surface area contributed by atoms with E-state index in [1.54, 1.807) is 32.3 Å². The Labute approximate surface area is 279 Å². The lowest BCUT2D eigenvalue weighted by atomic mass is 10.0. The summed E-state index contributed by atoms with van der Waals surface area (Å²) in [5.74, 6) is 0.613. The molecular formula is C33H33Cl2N7O5. The van der Waals surface area contributed by atoms with Crippen LogP contribution in [-0.4, -0.2) is 61.7 Å². The summed E-state index contributed by atoms with van der Waals surface area (Å²) in [7, 11) is 4.57. The molecule has 244 valence electrons. The highest BCUT2D eigenvalue weighted by Gasteiger charge is 2.24. The third-order valence-corrected chi connectivity index (χ3v) is 9.07. The summed E-state index contributed by atoms with van der Waals surface area (Å²) in [4.78, 5) is 39.6. The van der Waals surface area contributed by atoms with Gasteiger partial charge in [-0.3, -0.25) is 18.9 Å². The number of fused-ring (bicyclic) bond motifs is 1. The second kappa shape index (κ2) is 13.4. The lowest BCUT2D eigenvalue weighted by Gasteiger charge is -2.28. The Morgan fingerprint density at radius 3 is 2.51 bits per heavy atom. The quantitative estimate of drug-likeness (QED) is 0.217. The van der Waals surface area contributed by atoms with Gasteiger partial charge >= 0.3 is 5.69 Å². The van der Waals surface area contributed by atoms with Crippen LogP contribution in [0.25, 0.3) is 33.3 Å². The number of methoxy groups -OCH3 is 1. The lowest BCUT2D eigenvalue weighted by molar-refractivity contribution is -0.0281. The lowest BCUT2D eigenvalue weighted by Crippen LogP contribution is -2.46. The van der Waals surface area contributed by atoms with E-state index < -0.39 is 17.4 Å². The van der Waals surface area contributed by atoms with Gasteiger partial charge in [-0.1, -0.05) is 53.5 Å². The van der Waals surface area contributed by atoms with Crippen molar-refractivity contribution in [3.63, 3.8) is 0 Å². The van der Waals surface area contributed by atoms with Gasteiger partial charge in [-0.2, -0.15) is 0 Å². The van der Waals surface area contributed by atoms with E-state index >= 15 is 0 Å². The van der Waals surface area contributed by atoms with Crippen molar-refractivity contribution in [2.75, 3.05) is 25.6 Å². The maximum Gasteiger partial charge on any atom is 0.330 e. The van der Waals surface area contributed by atoms with Crippen molar-refractivity contribution in [3.8, 4) is 28.3 Å². The molecule has 1 aliphatic heterocycles. The smallest absolute Gasteiger partial charge is 0.330 e. The van der Waals surface area contributed by atoms with Crippen molar-refractivity contribution in [1.29, 1.82) is 0 Å². The van der Waals surface area contributed by atoms with Crippen LogP contribution in [0.5, 0.6) is 5.88 Å². The van der Waals surface area contributed by atoms with Crippen LogP contribution in [0.3, 0.4) is 0 Å². The van der Waals surface area contributed by atoms with Gasteiger partial charge < -0.3 is 25.2 Å². The molecule has 3 aromatic heterocycles. The largest absolute Gasteiger partial charge is 0.480 e. The number of hydrogen-bond acceptors (Lipinski definition) is 10. The van der Waals surface area contributed by atoms with Crippen LogP contribution in [0.15, 0.2) is 58.3 Å². The molecular weight excluding hydrogens is 645 g/mol. The first-order chi connectivity index (χ1) is 22.6. The molecule has 5 aromatic rings. The fraction of sp³-hybridized carbons (Fsp3) is 0.303. The van der Waals surface area contributed by atoms with Crippen LogP contribution in [0, 0.1) is 6.92 Å². The second-order valence-electron chi connectivity index (χ2n) is 11.3. The molecule has 1 fully saturated rings. The summed E-state index contributed by atoms with van der Waals surface area (Å²) in [5.41, 5.74) is 3.67. The van der Waals surface area contributed by atoms with Gasteiger partial charge in [-0.05, 0) is 25.5 Å². The van der Waals surface area contributed by atoms with Gasteiger partial charge in [0.05, 0.1) is 53.0 Å². The number of rotatable bonds is 8. The van der Waals surface area contributed by atoms with E-state index in [0.717, 1.165) is 4.57 Å². The number of aryl methyl sites for hydroxylation is 2. The van der Waals surface area contributed by atoms with Crippen LogP contribution in [0.4, 0.5) is 11.5 Å². The second-order valence-corrected chi connectivity index (χ2v) is 12.1. The minimum Gasteiger partial charge on any atom is -0.480 e. The van der Waals surface area contributed by atoms with E-state index in [1.807, 2.05) is 30.3 Å². The average Bonchev–Trinajstić information content (AvgIpc) is 3.07. The molecule has 14 heteroatoms. The molecule has 2 aromatic carbocycles. The topological polar surface area (TPSA) is 145 Å². The fourth-order valence-electron chi connectivity index (χ4n) is 5.71. The van der Waals surface area contributed by atoms with Crippen LogP contribution in [-0.2, 0) is 25.4 Å². The summed E-state index contributed by atoms with van der Waals surface area (Å²) in [6, 6.07) is 12.6. The van der Waals surface area contributed by atoms with Crippen LogP contribution in [0.1, 0.15) is 17.8 Å². The number of aliphatic hydroxyl groups excluding tert-OH is 1. The van der Waals surface area contributed by atoms with E-state index in [9.17, 15) is 14.7 Å². The number of nitrogens with zero attached hydrogens (tertiary/aromatic N) is 5. The summed E-state index contributed by atoms with van der Waals surface area (Å²) in [5, 5.41) is 17.8. The molecule has 6 rings (SSSR count). The Balaban J connectivity index is 1.34. The Hall–Kier alpha value is -4.33. The number of anilines is 2. The number of aromatic nitrogens is 5. The summed E-state index contributed by atoms with van der Waals surface area (Å²) in [6.45, 7) is 3.01. The van der Waals surface area contributed by atoms with Gasteiger partial charge in [0.25, 0.3) is 5.56 Å². The summed E-state index contributed by atoms with van der Waals surface area (Å²) in [6.07, 6.45) is 1.72. The molecule has 0 bridgehead atoms. The van der Waals surface area contributed by atoms with Crippen LogP contribution >= 0.6 is 23.2 Å². The van der Waals surface area contributed by atoms with E-state index in [-0.39, 0.29) is 17.2 Å². The van der Waals surface area contributed by atoms with Crippen molar-refractivity contribution < 1.29 is 14.6 Å².